The van der Waals surface area contributed by atoms with E-state index in [2.05, 4.69) is 27.5 Å². The van der Waals surface area contributed by atoms with Crippen LogP contribution < -0.4 is 10.6 Å². The summed E-state index contributed by atoms with van der Waals surface area (Å²) in [7, 11) is 0. The van der Waals surface area contributed by atoms with Crippen LogP contribution in [0.3, 0.4) is 0 Å². The monoisotopic (exact) mass is 250 g/mol. The smallest absolute Gasteiger partial charge is 0.147 e. The Hall–Kier alpha value is -1.36. The first-order chi connectivity index (χ1) is 8.79. The minimum atomic E-state index is -0.271. The Morgan fingerprint density at radius 1 is 1.28 bits per heavy atom. The first-order valence-electron chi connectivity index (χ1n) is 6.80. The quantitative estimate of drug-likeness (QED) is 0.746. The number of hydrogen-bond donors (Lipinski definition) is 3. The van der Waals surface area contributed by atoms with E-state index in [-0.39, 0.29) is 12.1 Å². The Balaban J connectivity index is 1.95. The number of rotatable bonds is 5. The second-order valence-electron chi connectivity index (χ2n) is 4.82. The third-order valence-corrected chi connectivity index (χ3v) is 3.25. The largest absolute Gasteiger partial charge is 0.391 e. The van der Waals surface area contributed by atoms with Crippen molar-refractivity contribution in [3.8, 4) is 0 Å². The highest BCUT2D eigenvalue weighted by molar-refractivity contribution is 5.42. The van der Waals surface area contributed by atoms with Crippen LogP contribution in [0.2, 0.25) is 0 Å². The molecule has 1 fully saturated rings. The Morgan fingerprint density at radius 3 is 2.83 bits per heavy atom. The van der Waals surface area contributed by atoms with Gasteiger partial charge in [0.2, 0.25) is 0 Å². The van der Waals surface area contributed by atoms with E-state index in [1.165, 1.54) is 0 Å². The summed E-state index contributed by atoms with van der Waals surface area (Å²) in [6.07, 6.45) is 8.36. The Labute approximate surface area is 108 Å². The molecule has 0 bridgehead atoms. The molecular formula is C13H22N4O. The fourth-order valence-corrected chi connectivity index (χ4v) is 2.24. The average Bonchev–Trinajstić information content (AvgIpc) is 2.40. The molecule has 2 atom stereocenters. The van der Waals surface area contributed by atoms with Crippen LogP contribution in [0.4, 0.5) is 11.6 Å². The lowest BCUT2D eigenvalue weighted by atomic mass is 9.93. The zero-order chi connectivity index (χ0) is 12.8. The van der Waals surface area contributed by atoms with E-state index >= 15 is 0 Å². The molecular weight excluding hydrogens is 228 g/mol. The summed E-state index contributed by atoms with van der Waals surface area (Å²) < 4.78 is 0. The normalized spacial score (nSPS) is 23.7. The predicted octanol–water partition coefficient (Wildman–Crippen LogP) is 2.01. The maximum atomic E-state index is 9.91. The number of hydrogen-bond acceptors (Lipinski definition) is 5. The minimum Gasteiger partial charge on any atom is -0.391 e. The highest BCUT2D eigenvalue weighted by Gasteiger charge is 2.23. The summed E-state index contributed by atoms with van der Waals surface area (Å²) in [5.41, 5.74) is 0. The van der Waals surface area contributed by atoms with Gasteiger partial charge in [-0.1, -0.05) is 19.8 Å². The Bertz CT molecular complexity index is 372. The van der Waals surface area contributed by atoms with Gasteiger partial charge in [0.05, 0.1) is 24.5 Å². The lowest BCUT2D eigenvalue weighted by Gasteiger charge is -2.28. The summed E-state index contributed by atoms with van der Waals surface area (Å²) in [6.45, 7) is 3.01. The van der Waals surface area contributed by atoms with Gasteiger partial charge >= 0.3 is 0 Å². The van der Waals surface area contributed by atoms with Crippen LogP contribution >= 0.6 is 0 Å². The molecule has 0 radical (unpaired) electrons. The third-order valence-electron chi connectivity index (χ3n) is 3.25. The van der Waals surface area contributed by atoms with Gasteiger partial charge in [-0.2, -0.15) is 0 Å². The summed E-state index contributed by atoms with van der Waals surface area (Å²) in [6, 6.07) is 0.106. The molecule has 0 spiro atoms. The molecule has 0 aliphatic heterocycles. The van der Waals surface area contributed by atoms with Crippen molar-refractivity contribution in [1.82, 2.24) is 9.97 Å². The summed E-state index contributed by atoms with van der Waals surface area (Å²) in [5, 5.41) is 16.4. The summed E-state index contributed by atoms with van der Waals surface area (Å²) >= 11 is 0. The zero-order valence-corrected chi connectivity index (χ0v) is 10.9. The van der Waals surface area contributed by atoms with Crippen molar-refractivity contribution in [2.24, 2.45) is 0 Å². The van der Waals surface area contributed by atoms with Crippen LogP contribution in [0.15, 0.2) is 12.4 Å². The van der Waals surface area contributed by atoms with Gasteiger partial charge in [-0.3, -0.25) is 4.98 Å². The van der Waals surface area contributed by atoms with Crippen molar-refractivity contribution in [3.63, 3.8) is 0 Å². The fourth-order valence-electron chi connectivity index (χ4n) is 2.24. The van der Waals surface area contributed by atoms with Crippen molar-refractivity contribution in [2.75, 3.05) is 17.2 Å². The van der Waals surface area contributed by atoms with E-state index in [4.69, 9.17) is 0 Å². The van der Waals surface area contributed by atoms with Crippen LogP contribution in [-0.2, 0) is 0 Å². The van der Waals surface area contributed by atoms with Crippen molar-refractivity contribution < 1.29 is 5.11 Å². The second kappa shape index (κ2) is 6.54. The molecule has 100 valence electrons. The molecule has 1 heterocycles. The topological polar surface area (TPSA) is 70.1 Å². The number of aliphatic hydroxyl groups excluding tert-OH is 1. The number of anilines is 2. The minimum absolute atomic E-state index is 0.106. The number of nitrogens with one attached hydrogen (secondary N) is 2. The Kier molecular flexibility index (Phi) is 4.75. The standard InChI is InChI=1S/C13H22N4O/c1-2-7-15-12-8-14-9-13(17-12)16-10-5-3-4-6-11(10)18/h8-11,18H,2-7H2,1H3,(H2,15,16,17). The van der Waals surface area contributed by atoms with Crippen LogP contribution in [-0.4, -0.2) is 33.8 Å². The van der Waals surface area contributed by atoms with E-state index < -0.39 is 0 Å². The van der Waals surface area contributed by atoms with Crippen molar-refractivity contribution >= 4 is 11.6 Å². The highest BCUT2D eigenvalue weighted by Crippen LogP contribution is 2.21. The van der Waals surface area contributed by atoms with E-state index in [0.717, 1.165) is 50.3 Å². The molecule has 1 aromatic heterocycles. The van der Waals surface area contributed by atoms with Gasteiger partial charge in [-0.15, -0.1) is 0 Å². The average molecular weight is 250 g/mol. The molecule has 2 unspecified atom stereocenters. The molecule has 2 rings (SSSR count). The SMILES string of the molecule is CCCNc1cncc(NC2CCCCC2O)n1. The van der Waals surface area contributed by atoms with Crippen LogP contribution in [0.5, 0.6) is 0 Å². The molecule has 5 nitrogen and oxygen atoms in total. The number of aliphatic hydroxyl groups is 1. The molecule has 1 saturated carbocycles. The molecule has 0 saturated heterocycles. The molecule has 3 N–H and O–H groups in total. The maximum absolute atomic E-state index is 9.91. The summed E-state index contributed by atoms with van der Waals surface area (Å²) in [5.74, 6) is 1.52. The molecule has 5 heteroatoms. The van der Waals surface area contributed by atoms with Gasteiger partial charge in [0.25, 0.3) is 0 Å². The van der Waals surface area contributed by atoms with Gasteiger partial charge in [-0.05, 0) is 19.3 Å². The first kappa shape index (κ1) is 13.1. The van der Waals surface area contributed by atoms with E-state index in [1.54, 1.807) is 12.4 Å². The Morgan fingerprint density at radius 2 is 2.06 bits per heavy atom. The molecule has 18 heavy (non-hydrogen) atoms. The second-order valence-corrected chi connectivity index (χ2v) is 4.82. The summed E-state index contributed by atoms with van der Waals surface area (Å²) in [4.78, 5) is 8.60. The number of nitrogens with zero attached hydrogens (tertiary/aromatic N) is 2. The van der Waals surface area contributed by atoms with E-state index in [1.807, 2.05) is 0 Å². The van der Waals surface area contributed by atoms with Gasteiger partial charge in [-0.25, -0.2) is 4.98 Å². The number of aromatic nitrogens is 2. The molecule has 0 aromatic carbocycles. The lowest BCUT2D eigenvalue weighted by molar-refractivity contribution is 0.116. The van der Waals surface area contributed by atoms with E-state index in [9.17, 15) is 5.11 Å². The van der Waals surface area contributed by atoms with Gasteiger partial charge in [0, 0.05) is 6.54 Å². The molecule has 1 aromatic rings. The van der Waals surface area contributed by atoms with Gasteiger partial charge in [0.1, 0.15) is 11.6 Å². The first-order valence-corrected chi connectivity index (χ1v) is 6.80. The highest BCUT2D eigenvalue weighted by atomic mass is 16.3. The lowest BCUT2D eigenvalue weighted by Crippen LogP contribution is -2.36. The predicted molar refractivity (Wildman–Crippen MR) is 72.7 cm³/mol. The van der Waals surface area contributed by atoms with Crippen molar-refractivity contribution in [2.45, 2.75) is 51.2 Å². The van der Waals surface area contributed by atoms with Crippen molar-refractivity contribution in [3.05, 3.63) is 12.4 Å². The fraction of sp³-hybridized carbons (Fsp3) is 0.692. The molecule has 0 amide bonds. The van der Waals surface area contributed by atoms with Gasteiger partial charge in [0.15, 0.2) is 0 Å². The molecule has 1 aliphatic rings. The van der Waals surface area contributed by atoms with E-state index in [0.29, 0.717) is 0 Å². The molecule has 1 aliphatic carbocycles. The van der Waals surface area contributed by atoms with Crippen LogP contribution in [0.1, 0.15) is 39.0 Å². The van der Waals surface area contributed by atoms with Gasteiger partial charge < -0.3 is 15.7 Å². The van der Waals surface area contributed by atoms with Crippen LogP contribution in [0.25, 0.3) is 0 Å². The third kappa shape index (κ3) is 3.57. The maximum Gasteiger partial charge on any atom is 0.147 e. The van der Waals surface area contributed by atoms with Crippen LogP contribution in [0, 0.1) is 0 Å². The zero-order valence-electron chi connectivity index (χ0n) is 10.9. The van der Waals surface area contributed by atoms with Crippen molar-refractivity contribution in [1.29, 1.82) is 0 Å².